The van der Waals surface area contributed by atoms with Gasteiger partial charge in [-0.2, -0.15) is 0 Å². The van der Waals surface area contributed by atoms with Gasteiger partial charge in [0.2, 0.25) is 0 Å². The van der Waals surface area contributed by atoms with Gasteiger partial charge in [-0.1, -0.05) is 4.49 Å². The van der Waals surface area contributed by atoms with Gasteiger partial charge in [0.05, 0.1) is 5.69 Å². The number of aromatic nitrogens is 4. The van der Waals surface area contributed by atoms with Gasteiger partial charge in [-0.05, 0) is 49.9 Å². The maximum Gasteiger partial charge on any atom is 0.267 e. The largest absolute Gasteiger partial charge is 0.355 e. The number of hydrogen-bond acceptors (Lipinski definition) is 8. The molecular weight excluding hydrogens is 350 g/mol. The maximum absolute atomic E-state index is 12.5. The first-order chi connectivity index (χ1) is 12.7. The van der Waals surface area contributed by atoms with Crippen LogP contribution >= 0.6 is 11.5 Å². The lowest BCUT2D eigenvalue weighted by Crippen LogP contribution is -2.49. The van der Waals surface area contributed by atoms with Crippen LogP contribution in [0.25, 0.3) is 0 Å². The minimum absolute atomic E-state index is 0.0312. The Morgan fingerprint density at radius 3 is 2.04 bits per heavy atom. The van der Waals surface area contributed by atoms with Crippen LogP contribution in [0, 0.1) is 6.92 Å². The second-order valence-electron chi connectivity index (χ2n) is 6.76. The first-order valence-electron chi connectivity index (χ1n) is 9.14. The van der Waals surface area contributed by atoms with Gasteiger partial charge in [0.15, 0.2) is 11.6 Å². The normalized spacial score (nSPS) is 18.3. The number of anilines is 2. The van der Waals surface area contributed by atoms with E-state index in [1.807, 2.05) is 17.9 Å². The molecule has 8 nitrogen and oxygen atoms in total. The van der Waals surface area contributed by atoms with Crippen LogP contribution in [0.1, 0.15) is 34.6 Å². The van der Waals surface area contributed by atoms with Crippen LogP contribution < -0.4 is 9.80 Å². The Bertz CT molecular complexity index is 749. The zero-order valence-corrected chi connectivity index (χ0v) is 15.8. The van der Waals surface area contributed by atoms with Gasteiger partial charge in [0, 0.05) is 39.3 Å². The predicted octanol–water partition coefficient (Wildman–Crippen LogP) is 1.59. The Morgan fingerprint density at radius 2 is 1.50 bits per heavy atom. The summed E-state index contributed by atoms with van der Waals surface area (Å²) < 4.78 is 3.86. The maximum atomic E-state index is 12.5. The average molecular weight is 373 g/mol. The molecule has 2 aromatic heterocycles. The number of aryl methyl sites for hydroxylation is 1. The van der Waals surface area contributed by atoms with E-state index in [1.54, 1.807) is 0 Å². The highest BCUT2D eigenvalue weighted by Gasteiger charge is 2.25. The number of piperidine rings is 1. The summed E-state index contributed by atoms with van der Waals surface area (Å²) in [6.45, 7) is 6.83. The lowest BCUT2D eigenvalue weighted by molar-refractivity contribution is 0.0750. The van der Waals surface area contributed by atoms with Crippen molar-refractivity contribution in [2.45, 2.75) is 26.2 Å². The van der Waals surface area contributed by atoms with Gasteiger partial charge >= 0.3 is 0 Å². The first-order valence-corrected chi connectivity index (χ1v) is 9.91. The number of carbonyl (C=O) groups excluding carboxylic acids is 1. The van der Waals surface area contributed by atoms with Crippen molar-refractivity contribution in [3.05, 3.63) is 22.7 Å². The Morgan fingerprint density at radius 1 is 0.885 bits per heavy atom. The zero-order chi connectivity index (χ0) is 17.9. The SMILES string of the molecule is Cc1nnsc1C(=O)N1CCN(c2ccc(N3CCCCC3)nn2)CC1. The molecule has 0 spiro atoms. The summed E-state index contributed by atoms with van der Waals surface area (Å²) in [5.74, 6) is 1.88. The molecule has 2 fully saturated rings. The molecule has 0 aromatic carbocycles. The van der Waals surface area contributed by atoms with Crippen molar-refractivity contribution < 1.29 is 4.79 Å². The fraction of sp³-hybridized carbons (Fsp3) is 0.588. The van der Waals surface area contributed by atoms with E-state index >= 15 is 0 Å². The molecule has 138 valence electrons. The van der Waals surface area contributed by atoms with E-state index in [1.165, 1.54) is 30.8 Å². The van der Waals surface area contributed by atoms with Gasteiger partial charge in [0.1, 0.15) is 4.88 Å². The van der Waals surface area contributed by atoms with E-state index in [0.717, 1.165) is 37.8 Å². The molecule has 0 saturated carbocycles. The molecule has 1 amide bonds. The monoisotopic (exact) mass is 373 g/mol. The quantitative estimate of drug-likeness (QED) is 0.808. The molecule has 0 unspecified atom stereocenters. The molecule has 0 radical (unpaired) electrons. The molecule has 0 bridgehead atoms. The Balaban J connectivity index is 1.35. The number of piperazine rings is 1. The summed E-state index contributed by atoms with van der Waals surface area (Å²) in [4.78, 5) is 19.6. The molecule has 0 aliphatic carbocycles. The van der Waals surface area contributed by atoms with Crippen molar-refractivity contribution in [3.8, 4) is 0 Å². The van der Waals surface area contributed by atoms with Crippen molar-refractivity contribution in [3.63, 3.8) is 0 Å². The first kappa shape index (κ1) is 17.1. The van der Waals surface area contributed by atoms with Crippen LogP contribution in [0.3, 0.4) is 0 Å². The predicted molar refractivity (Wildman–Crippen MR) is 101 cm³/mol. The fourth-order valence-corrected chi connectivity index (χ4v) is 4.11. The van der Waals surface area contributed by atoms with Crippen molar-refractivity contribution >= 4 is 29.1 Å². The van der Waals surface area contributed by atoms with Crippen molar-refractivity contribution in [1.82, 2.24) is 24.7 Å². The minimum atomic E-state index is 0.0312. The molecule has 2 saturated heterocycles. The van der Waals surface area contributed by atoms with Crippen LogP contribution in [0.15, 0.2) is 12.1 Å². The molecule has 2 aromatic rings. The van der Waals surface area contributed by atoms with Crippen LogP contribution in [-0.2, 0) is 0 Å². The smallest absolute Gasteiger partial charge is 0.267 e. The van der Waals surface area contributed by atoms with Crippen molar-refractivity contribution in [2.75, 3.05) is 49.1 Å². The molecule has 9 heteroatoms. The van der Waals surface area contributed by atoms with E-state index in [-0.39, 0.29) is 5.91 Å². The lowest BCUT2D eigenvalue weighted by Gasteiger charge is -2.35. The van der Waals surface area contributed by atoms with E-state index in [0.29, 0.717) is 23.7 Å². The van der Waals surface area contributed by atoms with Gasteiger partial charge in [-0.25, -0.2) is 0 Å². The third-order valence-electron chi connectivity index (χ3n) is 5.05. The molecule has 4 heterocycles. The van der Waals surface area contributed by atoms with Gasteiger partial charge < -0.3 is 14.7 Å². The Hall–Kier alpha value is -2.29. The number of hydrogen-bond donors (Lipinski definition) is 0. The zero-order valence-electron chi connectivity index (χ0n) is 15.0. The summed E-state index contributed by atoms with van der Waals surface area (Å²) in [5, 5.41) is 12.8. The second kappa shape index (κ2) is 7.53. The summed E-state index contributed by atoms with van der Waals surface area (Å²) in [5.41, 5.74) is 0.710. The number of amides is 1. The van der Waals surface area contributed by atoms with E-state index in [2.05, 4.69) is 35.7 Å². The van der Waals surface area contributed by atoms with E-state index < -0.39 is 0 Å². The van der Waals surface area contributed by atoms with Crippen LogP contribution in [0.4, 0.5) is 11.6 Å². The number of nitrogens with zero attached hydrogens (tertiary/aromatic N) is 7. The van der Waals surface area contributed by atoms with Crippen molar-refractivity contribution in [2.24, 2.45) is 0 Å². The highest BCUT2D eigenvalue weighted by atomic mass is 32.1. The number of rotatable bonds is 3. The average Bonchev–Trinajstić information content (AvgIpc) is 3.14. The van der Waals surface area contributed by atoms with Gasteiger partial charge in [-0.3, -0.25) is 4.79 Å². The summed E-state index contributed by atoms with van der Waals surface area (Å²) in [6, 6.07) is 4.11. The third kappa shape index (κ3) is 3.48. The van der Waals surface area contributed by atoms with Crippen LogP contribution in [-0.4, -0.2) is 69.9 Å². The lowest BCUT2D eigenvalue weighted by atomic mass is 10.1. The Labute approximate surface area is 157 Å². The Kier molecular flexibility index (Phi) is 4.96. The minimum Gasteiger partial charge on any atom is -0.355 e. The molecule has 0 N–H and O–H groups in total. The highest BCUT2D eigenvalue weighted by Crippen LogP contribution is 2.20. The third-order valence-corrected chi connectivity index (χ3v) is 5.87. The molecule has 26 heavy (non-hydrogen) atoms. The molecule has 2 aliphatic heterocycles. The summed E-state index contributed by atoms with van der Waals surface area (Å²) in [6.07, 6.45) is 3.77. The van der Waals surface area contributed by atoms with Gasteiger partial charge in [-0.15, -0.1) is 15.3 Å². The molecule has 0 atom stereocenters. The summed E-state index contributed by atoms with van der Waals surface area (Å²) in [7, 11) is 0. The highest BCUT2D eigenvalue weighted by molar-refractivity contribution is 7.07. The molecular formula is C17H23N7OS. The van der Waals surface area contributed by atoms with E-state index in [4.69, 9.17) is 0 Å². The molecule has 2 aliphatic rings. The topological polar surface area (TPSA) is 78.4 Å². The fourth-order valence-electron chi connectivity index (χ4n) is 3.49. The standard InChI is InChI=1S/C17H23N7OS/c1-13-16(26-21-18-13)17(25)24-11-9-23(10-12-24)15-6-5-14(19-20-15)22-7-3-2-4-8-22/h5-6H,2-4,7-12H2,1H3. The van der Waals surface area contributed by atoms with E-state index in [9.17, 15) is 4.79 Å². The summed E-state index contributed by atoms with van der Waals surface area (Å²) >= 11 is 1.17. The second-order valence-corrected chi connectivity index (χ2v) is 7.52. The van der Waals surface area contributed by atoms with Crippen molar-refractivity contribution in [1.29, 1.82) is 0 Å². The van der Waals surface area contributed by atoms with Crippen LogP contribution in [0.2, 0.25) is 0 Å². The van der Waals surface area contributed by atoms with Crippen LogP contribution in [0.5, 0.6) is 0 Å². The van der Waals surface area contributed by atoms with Gasteiger partial charge in [0.25, 0.3) is 5.91 Å². The number of carbonyl (C=O) groups is 1. The molecule has 4 rings (SSSR count).